The van der Waals surface area contributed by atoms with Gasteiger partial charge in [0.25, 0.3) is 0 Å². The lowest BCUT2D eigenvalue weighted by atomic mass is 9.88. The van der Waals surface area contributed by atoms with Gasteiger partial charge < -0.3 is 29.4 Å². The third-order valence-electron chi connectivity index (χ3n) is 9.09. The van der Waals surface area contributed by atoms with E-state index in [1.54, 1.807) is 6.07 Å². The van der Waals surface area contributed by atoms with E-state index in [0.29, 0.717) is 41.1 Å². The van der Waals surface area contributed by atoms with Crippen LogP contribution in [0.5, 0.6) is 0 Å². The molecule has 1 aromatic rings. The number of carbonyl (C=O) groups excluding carboxylic acids is 2. The summed E-state index contributed by atoms with van der Waals surface area (Å²) in [4.78, 5) is 26.2. The Morgan fingerprint density at radius 3 is 2.64 bits per heavy atom. The van der Waals surface area contributed by atoms with E-state index in [-0.39, 0.29) is 25.5 Å². The minimum Gasteiger partial charge on any atom is -0.456 e. The quantitative estimate of drug-likeness (QED) is 0.368. The first kappa shape index (κ1) is 25.4. The van der Waals surface area contributed by atoms with Gasteiger partial charge in [0.1, 0.15) is 18.3 Å². The van der Waals surface area contributed by atoms with Crippen LogP contribution in [0.4, 0.5) is 0 Å². The van der Waals surface area contributed by atoms with Crippen molar-refractivity contribution in [3.05, 3.63) is 53.1 Å². The van der Waals surface area contributed by atoms with Crippen molar-refractivity contribution in [1.29, 1.82) is 0 Å². The van der Waals surface area contributed by atoms with Gasteiger partial charge >= 0.3 is 5.97 Å². The van der Waals surface area contributed by atoms with Crippen LogP contribution in [-0.2, 0) is 23.7 Å². The Labute approximate surface area is 228 Å². The number of carbonyl (C=O) groups is 2. The zero-order valence-corrected chi connectivity index (χ0v) is 22.1. The van der Waals surface area contributed by atoms with Crippen LogP contribution in [-0.4, -0.2) is 66.4 Å². The number of nitrogens with one attached hydrogen (secondary N) is 1. The van der Waals surface area contributed by atoms with E-state index in [1.807, 2.05) is 24.3 Å². The lowest BCUT2D eigenvalue weighted by Crippen LogP contribution is -2.44. The number of aliphatic hydroxyl groups excluding tert-OH is 1. The highest BCUT2D eigenvalue weighted by Gasteiger charge is 2.64. The molecule has 208 valence electrons. The van der Waals surface area contributed by atoms with E-state index in [4.69, 9.17) is 24.1 Å². The summed E-state index contributed by atoms with van der Waals surface area (Å²) in [6.07, 6.45) is 13.4. The fraction of sp³-hybridized carbons (Fsp3) is 0.613. The van der Waals surface area contributed by atoms with Gasteiger partial charge in [-0.25, -0.2) is 4.79 Å². The Morgan fingerprint density at radius 1 is 1.08 bits per heavy atom. The van der Waals surface area contributed by atoms with Gasteiger partial charge in [0.15, 0.2) is 5.79 Å². The minimum absolute atomic E-state index is 0.143. The Kier molecular flexibility index (Phi) is 6.62. The van der Waals surface area contributed by atoms with Crippen molar-refractivity contribution in [3.8, 4) is 0 Å². The van der Waals surface area contributed by atoms with Crippen LogP contribution >= 0.6 is 0 Å². The predicted molar refractivity (Wildman–Crippen MR) is 141 cm³/mol. The molecule has 2 N–H and O–H groups in total. The average molecular weight is 536 g/mol. The summed E-state index contributed by atoms with van der Waals surface area (Å²) in [5, 5.41) is 11.9. The van der Waals surface area contributed by atoms with Crippen molar-refractivity contribution in [1.82, 2.24) is 5.32 Å². The molecule has 0 spiro atoms. The topological polar surface area (TPSA) is 107 Å². The standard InChI is InChI=1S/C31H37NO7/c33-13-12-32-29(34)21-16-26(28-27(17-21)38-31(39-28,22-7-8-22)23-9-10-23)37-30(35)20-3-1-2-18(14-20)4-5-19-6-11-24-25(15-19)36-24/h1-5,14,17,19,22-28,33H,6-13,15-16H2,(H,32,34). The summed E-state index contributed by atoms with van der Waals surface area (Å²) in [5.74, 6) is -0.127. The number of benzene rings is 1. The highest BCUT2D eigenvalue weighted by atomic mass is 16.8. The fourth-order valence-corrected chi connectivity index (χ4v) is 6.68. The second-order valence-electron chi connectivity index (χ2n) is 12.0. The van der Waals surface area contributed by atoms with Gasteiger partial charge in [0.05, 0.1) is 24.4 Å². The molecule has 2 saturated heterocycles. The smallest absolute Gasteiger partial charge is 0.338 e. The van der Waals surface area contributed by atoms with Crippen molar-refractivity contribution < 1.29 is 33.6 Å². The zero-order chi connectivity index (χ0) is 26.6. The van der Waals surface area contributed by atoms with E-state index in [0.717, 1.165) is 50.5 Å². The summed E-state index contributed by atoms with van der Waals surface area (Å²) >= 11 is 0. The molecule has 7 rings (SSSR count). The molecular formula is C31H37NO7. The number of esters is 1. The average Bonchev–Trinajstić information content (AvgIpc) is 3.81. The zero-order valence-electron chi connectivity index (χ0n) is 22.1. The number of amides is 1. The molecule has 4 aliphatic carbocycles. The number of fused-ring (bicyclic) bond motifs is 2. The Bertz CT molecular complexity index is 1170. The Morgan fingerprint density at radius 2 is 1.90 bits per heavy atom. The summed E-state index contributed by atoms with van der Waals surface area (Å²) in [6, 6.07) is 7.48. The van der Waals surface area contributed by atoms with E-state index in [2.05, 4.69) is 17.5 Å². The van der Waals surface area contributed by atoms with Gasteiger partial charge in [-0.2, -0.15) is 0 Å². The monoisotopic (exact) mass is 535 g/mol. The maximum atomic E-state index is 13.4. The molecule has 2 aliphatic heterocycles. The first-order chi connectivity index (χ1) is 19.0. The van der Waals surface area contributed by atoms with E-state index < -0.39 is 30.1 Å². The lowest BCUT2D eigenvalue weighted by molar-refractivity contribution is -0.209. The van der Waals surface area contributed by atoms with E-state index >= 15 is 0 Å². The number of epoxide rings is 1. The second-order valence-corrected chi connectivity index (χ2v) is 12.0. The van der Waals surface area contributed by atoms with Crippen molar-refractivity contribution in [2.45, 2.75) is 87.7 Å². The molecule has 6 aliphatic rings. The molecule has 1 amide bonds. The number of hydrogen-bond donors (Lipinski definition) is 2. The molecule has 3 saturated carbocycles. The first-order valence-corrected chi connectivity index (χ1v) is 14.6. The maximum Gasteiger partial charge on any atom is 0.338 e. The van der Waals surface area contributed by atoms with Crippen molar-refractivity contribution in [3.63, 3.8) is 0 Å². The van der Waals surface area contributed by atoms with Gasteiger partial charge in [-0.1, -0.05) is 24.3 Å². The van der Waals surface area contributed by atoms with Crippen LogP contribution in [0.1, 0.15) is 67.3 Å². The SMILES string of the molecule is O=C(NCCO)C1=CC2OC(C3CC3)(C3CC3)OC2C(OC(=O)c2cccc(C=CC3CCC4OC4C3)c2)C1. The molecule has 5 fully saturated rings. The van der Waals surface area contributed by atoms with Crippen LogP contribution in [0, 0.1) is 17.8 Å². The largest absolute Gasteiger partial charge is 0.456 e. The van der Waals surface area contributed by atoms with Gasteiger partial charge in [-0.05, 0) is 74.6 Å². The number of aliphatic hydroxyl groups is 1. The number of rotatable bonds is 9. The van der Waals surface area contributed by atoms with Crippen LogP contribution in [0.25, 0.3) is 6.08 Å². The molecule has 2 heterocycles. The van der Waals surface area contributed by atoms with Gasteiger partial charge in [0, 0.05) is 30.4 Å². The molecule has 1 aromatic carbocycles. The predicted octanol–water partition coefficient (Wildman–Crippen LogP) is 3.53. The van der Waals surface area contributed by atoms with E-state index in [1.165, 1.54) is 0 Å². The third kappa shape index (κ3) is 5.20. The normalized spacial score (nSPS) is 34.6. The van der Waals surface area contributed by atoms with Gasteiger partial charge in [-0.3, -0.25) is 4.79 Å². The molecule has 0 aromatic heterocycles. The fourth-order valence-electron chi connectivity index (χ4n) is 6.68. The molecule has 0 radical (unpaired) electrons. The Hall–Kier alpha value is -2.52. The first-order valence-electron chi connectivity index (χ1n) is 14.6. The lowest BCUT2D eigenvalue weighted by Gasteiger charge is -2.31. The summed E-state index contributed by atoms with van der Waals surface area (Å²) in [5.41, 5.74) is 1.92. The number of allylic oxidation sites excluding steroid dienone is 1. The van der Waals surface area contributed by atoms with Gasteiger partial charge in [-0.15, -0.1) is 0 Å². The number of hydrogen-bond acceptors (Lipinski definition) is 7. The molecule has 6 atom stereocenters. The van der Waals surface area contributed by atoms with Crippen molar-refractivity contribution in [2.24, 2.45) is 17.8 Å². The Balaban J connectivity index is 1.07. The van der Waals surface area contributed by atoms with E-state index in [9.17, 15) is 9.59 Å². The minimum atomic E-state index is -0.644. The van der Waals surface area contributed by atoms with Crippen LogP contribution in [0.15, 0.2) is 42.0 Å². The summed E-state index contributed by atoms with van der Waals surface area (Å²) in [7, 11) is 0. The second kappa shape index (κ2) is 10.1. The molecule has 8 heteroatoms. The third-order valence-corrected chi connectivity index (χ3v) is 9.09. The van der Waals surface area contributed by atoms with Crippen LogP contribution in [0.2, 0.25) is 0 Å². The molecule has 0 bridgehead atoms. The maximum absolute atomic E-state index is 13.4. The van der Waals surface area contributed by atoms with Crippen molar-refractivity contribution >= 4 is 18.0 Å². The highest BCUT2D eigenvalue weighted by Crippen LogP contribution is 2.59. The molecule has 8 nitrogen and oxygen atoms in total. The number of ether oxygens (including phenoxy) is 4. The molecular weight excluding hydrogens is 498 g/mol. The van der Waals surface area contributed by atoms with Crippen LogP contribution in [0.3, 0.4) is 0 Å². The summed E-state index contributed by atoms with van der Waals surface area (Å²) < 4.78 is 25.0. The highest BCUT2D eigenvalue weighted by molar-refractivity contribution is 5.94. The molecule has 39 heavy (non-hydrogen) atoms. The van der Waals surface area contributed by atoms with Crippen molar-refractivity contribution in [2.75, 3.05) is 13.2 Å². The van der Waals surface area contributed by atoms with Gasteiger partial charge in [0.2, 0.25) is 5.91 Å². The summed E-state index contributed by atoms with van der Waals surface area (Å²) in [6.45, 7) is 0.0194. The molecule has 6 unspecified atom stereocenters. The van der Waals surface area contributed by atoms with Crippen LogP contribution < -0.4 is 5.32 Å².